The quantitative estimate of drug-likeness (QED) is 0.244. The number of nitrogens with zero attached hydrogens (tertiary/aromatic N) is 3. The van der Waals surface area contributed by atoms with Crippen molar-refractivity contribution in [2.75, 3.05) is 0 Å². The summed E-state index contributed by atoms with van der Waals surface area (Å²) in [6.45, 7) is 2.14. The van der Waals surface area contributed by atoms with Gasteiger partial charge in [0.15, 0.2) is 0 Å². The van der Waals surface area contributed by atoms with E-state index in [0.717, 1.165) is 22.6 Å². The van der Waals surface area contributed by atoms with Crippen molar-refractivity contribution in [3.8, 4) is 0 Å². The first-order valence-corrected chi connectivity index (χ1v) is 10.7. The highest BCUT2D eigenvalue weighted by atomic mass is 35.5. The van der Waals surface area contributed by atoms with Crippen LogP contribution in [-0.4, -0.2) is 15.2 Å². The van der Waals surface area contributed by atoms with Gasteiger partial charge in [-0.1, -0.05) is 64.8 Å². The molecule has 150 valence electrons. The lowest BCUT2D eigenvalue weighted by atomic mass is 10.2. The molecule has 0 aliphatic carbocycles. The Morgan fingerprint density at radius 1 is 1.03 bits per heavy atom. The van der Waals surface area contributed by atoms with Crippen LogP contribution in [0.4, 0.5) is 0 Å². The van der Waals surface area contributed by atoms with Crippen LogP contribution < -0.4 is 5.48 Å². The first kappa shape index (κ1) is 21.9. The Hall–Kier alpha value is -1.83. The van der Waals surface area contributed by atoms with Gasteiger partial charge >= 0.3 is 0 Å². The first-order chi connectivity index (χ1) is 14.0. The molecule has 5 nitrogen and oxygen atoms in total. The lowest BCUT2D eigenvalue weighted by Crippen LogP contribution is -2.07. The number of hydrogen-bond donors (Lipinski definition) is 1. The molecule has 0 amide bonds. The number of nitrogens with one attached hydrogen (secondary N) is 1. The largest absolute Gasteiger partial charge is 0.274 e. The van der Waals surface area contributed by atoms with Gasteiger partial charge in [-0.3, -0.25) is 10.3 Å². The van der Waals surface area contributed by atoms with Crippen LogP contribution in [0.3, 0.4) is 0 Å². The van der Waals surface area contributed by atoms with E-state index in [1.54, 1.807) is 24.4 Å². The summed E-state index contributed by atoms with van der Waals surface area (Å²) >= 11 is 19.4. The Morgan fingerprint density at radius 3 is 2.55 bits per heavy atom. The van der Waals surface area contributed by atoms with E-state index in [1.165, 1.54) is 11.8 Å². The van der Waals surface area contributed by atoms with Gasteiger partial charge in [0.05, 0.1) is 11.4 Å². The molecule has 1 heterocycles. The zero-order valence-electron chi connectivity index (χ0n) is 15.4. The zero-order valence-corrected chi connectivity index (χ0v) is 18.5. The fraction of sp³-hybridized carbons (Fsp3) is 0.150. The minimum absolute atomic E-state index is 0.295. The van der Waals surface area contributed by atoms with Gasteiger partial charge < -0.3 is 0 Å². The molecule has 0 atom stereocenters. The highest BCUT2D eigenvalue weighted by molar-refractivity contribution is 7.98. The molecule has 0 fully saturated rings. The van der Waals surface area contributed by atoms with Crippen molar-refractivity contribution in [2.24, 2.45) is 0 Å². The SMILES string of the molecule is Cc1nnc(SCc2ccc(Cl)cc2)nc1/C=C/NOCc1ccc(Cl)cc1Cl. The van der Waals surface area contributed by atoms with E-state index >= 15 is 0 Å². The summed E-state index contributed by atoms with van der Waals surface area (Å²) in [6, 6.07) is 12.9. The minimum Gasteiger partial charge on any atom is -0.274 e. The molecule has 1 N–H and O–H groups in total. The van der Waals surface area contributed by atoms with Crippen LogP contribution in [0.1, 0.15) is 22.5 Å². The maximum Gasteiger partial charge on any atom is 0.209 e. The lowest BCUT2D eigenvalue weighted by molar-refractivity contribution is 0.0582. The molecule has 0 saturated carbocycles. The lowest BCUT2D eigenvalue weighted by Gasteiger charge is -2.06. The molecule has 0 unspecified atom stereocenters. The van der Waals surface area contributed by atoms with Crippen LogP contribution in [0.15, 0.2) is 53.8 Å². The Kier molecular flexibility index (Phi) is 8.15. The van der Waals surface area contributed by atoms with Gasteiger partial charge in [-0.2, -0.15) is 5.10 Å². The second-order valence-electron chi connectivity index (χ2n) is 5.96. The number of thioether (sulfide) groups is 1. The smallest absolute Gasteiger partial charge is 0.209 e. The van der Waals surface area contributed by atoms with Crippen LogP contribution in [0.25, 0.3) is 6.08 Å². The number of rotatable bonds is 8. The Balaban J connectivity index is 1.53. The minimum atomic E-state index is 0.295. The molecule has 29 heavy (non-hydrogen) atoms. The topological polar surface area (TPSA) is 59.9 Å². The second-order valence-corrected chi connectivity index (χ2v) is 8.18. The highest BCUT2D eigenvalue weighted by Gasteiger charge is 2.05. The Labute approximate surface area is 188 Å². The zero-order chi connectivity index (χ0) is 20.6. The predicted octanol–water partition coefficient (Wildman–Crippen LogP) is 6.12. The van der Waals surface area contributed by atoms with Crippen molar-refractivity contribution in [2.45, 2.75) is 24.4 Å². The average Bonchev–Trinajstić information content (AvgIpc) is 2.70. The number of hydroxylamine groups is 1. The molecule has 3 rings (SSSR count). The number of aromatic nitrogens is 3. The fourth-order valence-corrected chi connectivity index (χ4v) is 3.58. The summed E-state index contributed by atoms with van der Waals surface area (Å²) in [5.41, 5.74) is 6.15. The van der Waals surface area contributed by atoms with Crippen molar-refractivity contribution in [3.05, 3.63) is 86.2 Å². The number of benzene rings is 2. The van der Waals surface area contributed by atoms with Gasteiger partial charge in [-0.25, -0.2) is 4.98 Å². The summed E-state index contributed by atoms with van der Waals surface area (Å²) in [5, 5.41) is 10.8. The average molecular weight is 468 g/mol. The molecule has 0 bridgehead atoms. The molecular weight excluding hydrogens is 451 g/mol. The number of hydrogen-bond acceptors (Lipinski definition) is 6. The van der Waals surface area contributed by atoms with Gasteiger partial charge in [0, 0.05) is 27.0 Å². The second kappa shape index (κ2) is 10.8. The van der Waals surface area contributed by atoms with E-state index in [-0.39, 0.29) is 0 Å². The number of aryl methyl sites for hydroxylation is 1. The van der Waals surface area contributed by atoms with E-state index in [0.29, 0.717) is 32.5 Å². The highest BCUT2D eigenvalue weighted by Crippen LogP contribution is 2.22. The van der Waals surface area contributed by atoms with Crippen molar-refractivity contribution < 1.29 is 4.84 Å². The number of halogens is 3. The Morgan fingerprint density at radius 2 is 1.79 bits per heavy atom. The summed E-state index contributed by atoms with van der Waals surface area (Å²) in [6.07, 6.45) is 3.42. The van der Waals surface area contributed by atoms with E-state index in [9.17, 15) is 0 Å². The van der Waals surface area contributed by atoms with E-state index in [1.807, 2.05) is 37.3 Å². The molecule has 0 aliphatic rings. The van der Waals surface area contributed by atoms with Crippen LogP contribution >= 0.6 is 46.6 Å². The van der Waals surface area contributed by atoms with E-state index in [2.05, 4.69) is 20.7 Å². The van der Waals surface area contributed by atoms with Crippen LogP contribution in [0, 0.1) is 6.92 Å². The molecule has 9 heteroatoms. The summed E-state index contributed by atoms with van der Waals surface area (Å²) in [4.78, 5) is 9.93. The molecule has 3 aromatic rings. The van der Waals surface area contributed by atoms with Gasteiger partial charge in [0.25, 0.3) is 0 Å². The van der Waals surface area contributed by atoms with Crippen LogP contribution in [0.2, 0.25) is 15.1 Å². The molecule has 1 aromatic heterocycles. The molecule has 0 saturated heterocycles. The molecule has 0 radical (unpaired) electrons. The maximum atomic E-state index is 6.11. The third-order valence-electron chi connectivity index (χ3n) is 3.79. The molecule has 0 aliphatic heterocycles. The third-order valence-corrected chi connectivity index (χ3v) is 5.54. The third kappa shape index (κ3) is 6.87. The van der Waals surface area contributed by atoms with Gasteiger partial charge in [0.2, 0.25) is 5.16 Å². The van der Waals surface area contributed by atoms with E-state index < -0.39 is 0 Å². The summed E-state index contributed by atoms with van der Waals surface area (Å²) < 4.78 is 0. The van der Waals surface area contributed by atoms with Crippen molar-refractivity contribution in [1.82, 2.24) is 20.7 Å². The van der Waals surface area contributed by atoms with Crippen molar-refractivity contribution in [3.63, 3.8) is 0 Å². The molecular formula is C20H17Cl3N4OS. The van der Waals surface area contributed by atoms with E-state index in [4.69, 9.17) is 39.6 Å². The molecule has 2 aromatic carbocycles. The normalized spacial score (nSPS) is 11.2. The van der Waals surface area contributed by atoms with Crippen LogP contribution in [0.5, 0.6) is 0 Å². The van der Waals surface area contributed by atoms with Gasteiger partial charge in [0.1, 0.15) is 6.61 Å². The standard InChI is InChI=1S/C20H17Cl3N4OS/c1-13-19(8-9-24-28-11-15-4-7-17(22)10-18(15)23)25-20(27-26-13)29-12-14-2-5-16(21)6-3-14/h2-10,24H,11-12H2,1H3/b9-8+. The molecule has 0 spiro atoms. The fourth-order valence-electron chi connectivity index (χ4n) is 2.24. The van der Waals surface area contributed by atoms with Crippen LogP contribution in [-0.2, 0) is 17.2 Å². The van der Waals surface area contributed by atoms with Crippen molar-refractivity contribution in [1.29, 1.82) is 0 Å². The summed E-state index contributed by atoms with van der Waals surface area (Å²) in [7, 11) is 0. The monoisotopic (exact) mass is 466 g/mol. The van der Waals surface area contributed by atoms with Gasteiger partial charge in [-0.15, -0.1) is 5.10 Å². The summed E-state index contributed by atoms with van der Waals surface area (Å²) in [5.74, 6) is 0.730. The van der Waals surface area contributed by atoms with Gasteiger partial charge in [-0.05, 0) is 48.4 Å². The maximum absolute atomic E-state index is 6.11. The predicted molar refractivity (Wildman–Crippen MR) is 119 cm³/mol. The first-order valence-electron chi connectivity index (χ1n) is 8.57. The Bertz CT molecular complexity index is 1000. The van der Waals surface area contributed by atoms with Crippen molar-refractivity contribution >= 4 is 52.6 Å².